The molecule has 0 spiro atoms. The van der Waals surface area contributed by atoms with Crippen LogP contribution in [0.1, 0.15) is 43.6 Å². The number of carbonyl (C=O) groups excluding carboxylic acids is 1. The van der Waals surface area contributed by atoms with Crippen LogP contribution in [-0.2, 0) is 21.5 Å². The summed E-state index contributed by atoms with van der Waals surface area (Å²) >= 11 is 1.53. The summed E-state index contributed by atoms with van der Waals surface area (Å²) in [6, 6.07) is 0. The van der Waals surface area contributed by atoms with E-state index >= 15 is 0 Å². The number of nitrogens with zero attached hydrogens (tertiary/aromatic N) is 2. The topological polar surface area (TPSA) is 90.1 Å². The van der Waals surface area contributed by atoms with Crippen LogP contribution in [0.5, 0.6) is 0 Å². The highest BCUT2D eigenvalue weighted by molar-refractivity contribution is 7.11. The molecule has 2 atom stereocenters. The number of ether oxygens (including phenoxy) is 1. The van der Waals surface area contributed by atoms with Crippen molar-refractivity contribution in [1.29, 1.82) is 0 Å². The van der Waals surface area contributed by atoms with Gasteiger partial charge in [0.25, 0.3) is 0 Å². The highest BCUT2D eigenvalue weighted by atomic mass is 35.5. The van der Waals surface area contributed by atoms with Gasteiger partial charge in [-0.1, -0.05) is 32.1 Å². The molecule has 1 aliphatic heterocycles. The van der Waals surface area contributed by atoms with E-state index in [0.29, 0.717) is 13.1 Å². The van der Waals surface area contributed by atoms with Gasteiger partial charge in [-0.15, -0.1) is 22.6 Å². The second-order valence-electron chi connectivity index (χ2n) is 6.03. The van der Waals surface area contributed by atoms with Gasteiger partial charge in [0.1, 0.15) is 16.1 Å². The van der Waals surface area contributed by atoms with E-state index < -0.39 is 0 Å². The predicted octanol–water partition coefficient (Wildman–Crippen LogP) is 1.38. The molecule has 21 heavy (non-hydrogen) atoms. The largest absolute Gasteiger partial charge is 0.364 e. The normalized spacial score (nSPS) is 21.9. The molecule has 0 saturated carbocycles. The molecule has 1 aromatic heterocycles. The summed E-state index contributed by atoms with van der Waals surface area (Å²) in [5.41, 5.74) is 5.52. The lowest BCUT2D eigenvalue weighted by Gasteiger charge is -2.12. The van der Waals surface area contributed by atoms with Gasteiger partial charge >= 0.3 is 0 Å². The fourth-order valence-corrected chi connectivity index (χ4v) is 2.81. The van der Waals surface area contributed by atoms with E-state index in [-0.39, 0.29) is 35.9 Å². The summed E-state index contributed by atoms with van der Waals surface area (Å²) in [7, 11) is 0. The molecule has 0 aliphatic carbocycles. The van der Waals surface area contributed by atoms with Crippen molar-refractivity contribution in [2.24, 2.45) is 5.73 Å². The maximum absolute atomic E-state index is 12.0. The first-order valence-corrected chi connectivity index (χ1v) is 7.68. The third kappa shape index (κ3) is 4.88. The van der Waals surface area contributed by atoms with Crippen molar-refractivity contribution in [2.75, 3.05) is 6.54 Å². The van der Waals surface area contributed by atoms with E-state index in [0.717, 1.165) is 22.9 Å². The Kier molecular flexibility index (Phi) is 6.52. The molecular formula is C13H23ClN4O2S. The maximum Gasteiger partial charge on any atom is 0.249 e. The molecule has 2 heterocycles. The first-order chi connectivity index (χ1) is 9.40. The number of hydrogen-bond donors (Lipinski definition) is 2. The number of aromatic nitrogens is 2. The van der Waals surface area contributed by atoms with Gasteiger partial charge in [0.15, 0.2) is 0 Å². The lowest BCUT2D eigenvalue weighted by molar-refractivity contribution is -0.132. The van der Waals surface area contributed by atoms with Crippen LogP contribution in [0.25, 0.3) is 0 Å². The lowest BCUT2D eigenvalue weighted by atomic mass is 9.98. The van der Waals surface area contributed by atoms with Crippen molar-refractivity contribution in [2.45, 2.75) is 57.8 Å². The number of nitrogens with two attached hydrogens (primary N) is 1. The standard InChI is InChI=1S/C13H22N4O2S.ClH/c1-13(2,3)12-17-16-10(20-12)7-15-11(18)9-5-4-8(6-14)19-9;/h8-9H,4-7,14H2,1-3H3,(H,15,18);1H/t8-,9+;/m1./s1. The molecule has 0 bridgehead atoms. The predicted molar refractivity (Wildman–Crippen MR) is 84.7 cm³/mol. The monoisotopic (exact) mass is 334 g/mol. The van der Waals surface area contributed by atoms with Crippen LogP contribution in [0.4, 0.5) is 0 Å². The van der Waals surface area contributed by atoms with Gasteiger partial charge in [0, 0.05) is 12.0 Å². The summed E-state index contributed by atoms with van der Waals surface area (Å²) in [5, 5.41) is 12.9. The van der Waals surface area contributed by atoms with Crippen molar-refractivity contribution in [1.82, 2.24) is 15.5 Å². The molecule has 1 fully saturated rings. The van der Waals surface area contributed by atoms with E-state index in [1.165, 1.54) is 11.3 Å². The number of halogens is 1. The lowest BCUT2D eigenvalue weighted by Crippen LogP contribution is -2.35. The van der Waals surface area contributed by atoms with Crippen LogP contribution < -0.4 is 11.1 Å². The van der Waals surface area contributed by atoms with Crippen LogP contribution in [-0.4, -0.2) is 34.9 Å². The average molecular weight is 335 g/mol. The molecule has 1 amide bonds. The molecular weight excluding hydrogens is 312 g/mol. The fourth-order valence-electron chi connectivity index (χ4n) is 1.98. The number of nitrogens with one attached hydrogen (secondary N) is 1. The molecule has 1 saturated heterocycles. The molecule has 1 aromatic rings. The Labute approximate surface area is 135 Å². The highest BCUT2D eigenvalue weighted by Crippen LogP contribution is 2.25. The molecule has 2 rings (SSSR count). The highest BCUT2D eigenvalue weighted by Gasteiger charge is 2.29. The third-order valence-electron chi connectivity index (χ3n) is 3.19. The SMILES string of the molecule is CC(C)(C)c1nnc(CNC(=O)[C@@H]2CC[C@H](CN)O2)s1.Cl. The van der Waals surface area contributed by atoms with E-state index in [1.54, 1.807) is 0 Å². The molecule has 120 valence electrons. The Morgan fingerprint density at radius 2 is 2.14 bits per heavy atom. The van der Waals surface area contributed by atoms with E-state index in [9.17, 15) is 4.79 Å². The van der Waals surface area contributed by atoms with Gasteiger partial charge in [0.05, 0.1) is 12.6 Å². The molecule has 6 nitrogen and oxygen atoms in total. The van der Waals surface area contributed by atoms with Gasteiger partial charge < -0.3 is 15.8 Å². The molecule has 0 radical (unpaired) electrons. The quantitative estimate of drug-likeness (QED) is 0.868. The van der Waals surface area contributed by atoms with Gasteiger partial charge in [0.2, 0.25) is 5.91 Å². The third-order valence-corrected chi connectivity index (χ3v) is 4.53. The first-order valence-electron chi connectivity index (χ1n) is 6.86. The van der Waals surface area contributed by atoms with Crippen LogP contribution in [0.3, 0.4) is 0 Å². The smallest absolute Gasteiger partial charge is 0.249 e. The zero-order valence-corrected chi connectivity index (χ0v) is 14.2. The van der Waals surface area contributed by atoms with E-state index in [4.69, 9.17) is 10.5 Å². The Balaban J connectivity index is 0.00000220. The first kappa shape index (κ1) is 18.3. The Morgan fingerprint density at radius 1 is 1.43 bits per heavy atom. The van der Waals surface area contributed by atoms with Crippen LogP contribution in [0.2, 0.25) is 0 Å². The van der Waals surface area contributed by atoms with Gasteiger partial charge in [-0.2, -0.15) is 0 Å². The van der Waals surface area contributed by atoms with E-state index in [2.05, 4.69) is 36.3 Å². The maximum atomic E-state index is 12.0. The molecule has 0 unspecified atom stereocenters. The number of amides is 1. The minimum Gasteiger partial charge on any atom is -0.364 e. The van der Waals surface area contributed by atoms with Gasteiger partial charge in [-0.3, -0.25) is 4.79 Å². The summed E-state index contributed by atoms with van der Waals surface area (Å²) in [5.74, 6) is -0.0894. The molecule has 1 aliphatic rings. The summed E-state index contributed by atoms with van der Waals surface area (Å²) in [4.78, 5) is 12.0. The van der Waals surface area contributed by atoms with Crippen molar-refractivity contribution in [3.63, 3.8) is 0 Å². The molecule has 8 heteroatoms. The summed E-state index contributed by atoms with van der Waals surface area (Å²) in [6.45, 7) is 7.15. The fraction of sp³-hybridized carbons (Fsp3) is 0.769. The molecule has 3 N–H and O–H groups in total. The molecule has 0 aromatic carbocycles. The minimum absolute atomic E-state index is 0. The van der Waals surface area contributed by atoms with Crippen LogP contribution in [0.15, 0.2) is 0 Å². The van der Waals surface area contributed by atoms with Crippen molar-refractivity contribution >= 4 is 29.7 Å². The Bertz CT molecular complexity index is 475. The number of rotatable bonds is 4. The zero-order chi connectivity index (χ0) is 14.8. The summed E-state index contributed by atoms with van der Waals surface area (Å²) < 4.78 is 5.55. The number of carbonyl (C=O) groups is 1. The van der Waals surface area contributed by atoms with Crippen molar-refractivity contribution < 1.29 is 9.53 Å². The average Bonchev–Trinajstić information content (AvgIpc) is 3.04. The second-order valence-corrected chi connectivity index (χ2v) is 7.09. The van der Waals surface area contributed by atoms with Crippen molar-refractivity contribution in [3.8, 4) is 0 Å². The van der Waals surface area contributed by atoms with Gasteiger partial charge in [-0.25, -0.2) is 0 Å². The second kappa shape index (κ2) is 7.49. The summed E-state index contributed by atoms with van der Waals surface area (Å²) in [6.07, 6.45) is 1.22. The van der Waals surface area contributed by atoms with Crippen molar-refractivity contribution in [3.05, 3.63) is 10.0 Å². The Morgan fingerprint density at radius 3 is 2.67 bits per heavy atom. The zero-order valence-electron chi connectivity index (χ0n) is 12.6. The van der Waals surface area contributed by atoms with E-state index in [1.807, 2.05) is 0 Å². The van der Waals surface area contributed by atoms with Crippen LogP contribution in [0, 0.1) is 0 Å². The Hall–Kier alpha value is -0.760. The number of hydrogen-bond acceptors (Lipinski definition) is 6. The van der Waals surface area contributed by atoms with Gasteiger partial charge in [-0.05, 0) is 12.8 Å². The van der Waals surface area contributed by atoms with Crippen LogP contribution >= 0.6 is 23.7 Å². The minimum atomic E-state index is -0.376.